The number of allylic oxidation sites excluding steroid dienone is 7. The summed E-state index contributed by atoms with van der Waals surface area (Å²) in [6.07, 6.45) is 72.7. The van der Waals surface area contributed by atoms with Crippen molar-refractivity contribution in [3.8, 4) is 6.07 Å². The molecule has 0 aromatic rings. The van der Waals surface area contributed by atoms with Gasteiger partial charge in [0.15, 0.2) is 0 Å². The Morgan fingerprint density at radius 1 is 0.286 bits per heavy atom. The summed E-state index contributed by atoms with van der Waals surface area (Å²) >= 11 is 0. The third-order valence-electron chi connectivity index (χ3n) is 20.5. The molecular formula is C110H209N3O27. The molecule has 0 bridgehead atoms. The van der Waals surface area contributed by atoms with Gasteiger partial charge in [0, 0.05) is 45.7 Å². The summed E-state index contributed by atoms with van der Waals surface area (Å²) in [7, 11) is 2.74. The first kappa shape index (κ1) is 149. The quantitative estimate of drug-likeness (QED) is 0.00889. The first-order chi connectivity index (χ1) is 68.5. The molecular weight excluding hydrogens is 1800 g/mol. The van der Waals surface area contributed by atoms with Gasteiger partial charge in [-0.25, -0.2) is 0 Å². The summed E-state index contributed by atoms with van der Waals surface area (Å²) in [6, 6.07) is 2.06. The molecule has 140 heavy (non-hydrogen) atoms. The second-order valence-electron chi connectivity index (χ2n) is 33.3. The van der Waals surface area contributed by atoms with Crippen molar-refractivity contribution in [1.29, 1.82) is 5.26 Å². The van der Waals surface area contributed by atoms with Crippen molar-refractivity contribution in [2.45, 2.75) is 366 Å². The lowest BCUT2D eigenvalue weighted by Crippen LogP contribution is -2.29. The standard InChI is InChI=1S/C19H36O6.C16H29NO4.C14H27NO3.C14H26O3.C13H26O2.C12H21NO.C12H24O4.C10H20O4/c1-2-3-4-5-6-7-8-9-10-11-19(22)25-18(16-23-14-12-20)17-24-15-13-21;1-3-4-5-6-7-8-9-10-11-15(18)17-14-21-13-12-16(19)20-2;1-2-3-4-5-6-7-8-9-10-14(17)15-13-18-12-11-16;1-4-5-6-7-8-9-10-11-17-12-13(2)14(15)16-3;1-2-3-4-5-6-7-8-9-10-12-15-13-11-14;1-2-3-4-5-6-7-8-11-14-12-9-10-13;1-2-3-4-5-6-12(16-10-8-14)11-15-9-7-13;1-2-3-10(14-9-6-12)4-7-13-8-5-11/h2,18,20-21H,1,3-17H2;3H,1,4-14H2,2H3,(H,17,18);2,16H,1,3-13H2,(H,15,17);4,13H,1,5-12H2,2-3H3;2,14H,1,3-13H2;2H,1,3-9,11-12H2;2,12-14H,1,3-11H2;2,10-12H,1,3-9H2. The number of nitrogens with one attached hydrogen (secondary N) is 2. The average Bonchev–Trinajstić information content (AvgIpc) is 1.000. The van der Waals surface area contributed by atoms with Crippen LogP contribution in [0.1, 0.15) is 347 Å². The number of aliphatic hydroxyl groups excluding tert-OH is 8. The van der Waals surface area contributed by atoms with E-state index >= 15 is 0 Å². The van der Waals surface area contributed by atoms with Crippen molar-refractivity contribution >= 4 is 29.7 Å². The number of nitrogens with zero attached hydrogens (tertiary/aromatic N) is 1. The topological polar surface area (TPSA) is 424 Å². The van der Waals surface area contributed by atoms with Gasteiger partial charge < -0.3 is 118 Å². The zero-order valence-electron chi connectivity index (χ0n) is 88.6. The third kappa shape index (κ3) is 150. The highest BCUT2D eigenvalue weighted by molar-refractivity contribution is 5.76. The maximum absolute atomic E-state index is 11.9. The SMILES string of the molecule is C=CCC(CCOCCO)OCCO.C=CCCCCC(COCCO)OCCO.C=CCCCCCCCCC(=O)NCOCCC(=O)OC.C=CCCCCCCCCC(=O)NCOCCO.C=CCCCCCCCCCC(=O)OC(COCCO)COCCO.C=CCCCCCCCCCOCCO.C=CCCCCCCCOCC(C)C(=O)OC.C=CCCCCCCCOCCC#N. The lowest BCUT2D eigenvalue weighted by atomic mass is 10.1. The average molecular weight is 2010 g/mol. The predicted octanol–water partition coefficient (Wildman–Crippen LogP) is 19.5. The first-order valence-electron chi connectivity index (χ1n) is 52.9. The van der Waals surface area contributed by atoms with Crippen LogP contribution in [0, 0.1) is 17.2 Å². The fourth-order valence-corrected chi connectivity index (χ4v) is 12.6. The Labute approximate surface area is 850 Å². The van der Waals surface area contributed by atoms with Crippen molar-refractivity contribution < 1.29 is 131 Å². The van der Waals surface area contributed by atoms with Crippen molar-refractivity contribution in [2.24, 2.45) is 5.92 Å². The number of rotatable bonds is 101. The zero-order valence-corrected chi connectivity index (χ0v) is 88.6. The number of esters is 3. The summed E-state index contributed by atoms with van der Waals surface area (Å²) in [5, 5.41) is 82.3. The van der Waals surface area contributed by atoms with Crippen molar-refractivity contribution in [3.63, 3.8) is 0 Å². The molecule has 0 heterocycles. The number of ether oxygens (including phenoxy) is 14. The number of methoxy groups -OCH3 is 2. The Balaban J connectivity index is -0.000000239. The van der Waals surface area contributed by atoms with Crippen molar-refractivity contribution in [3.05, 3.63) is 101 Å². The summed E-state index contributed by atoms with van der Waals surface area (Å²) in [5.41, 5.74) is 0. The van der Waals surface area contributed by atoms with Gasteiger partial charge in [0.2, 0.25) is 11.8 Å². The monoisotopic (exact) mass is 2000 g/mol. The minimum Gasteiger partial charge on any atom is -0.469 e. The molecule has 0 radical (unpaired) electrons. The van der Waals surface area contributed by atoms with E-state index in [0.29, 0.717) is 85.1 Å². The molecule has 0 aliphatic carbocycles. The molecule has 826 valence electrons. The molecule has 0 aliphatic heterocycles. The van der Waals surface area contributed by atoms with E-state index in [-0.39, 0.29) is 160 Å². The van der Waals surface area contributed by atoms with E-state index in [9.17, 15) is 24.0 Å². The van der Waals surface area contributed by atoms with Crippen molar-refractivity contribution in [1.82, 2.24) is 10.6 Å². The van der Waals surface area contributed by atoms with Gasteiger partial charge in [-0.2, -0.15) is 5.26 Å². The molecule has 2 amide bonds. The van der Waals surface area contributed by atoms with Crippen LogP contribution in [0.5, 0.6) is 0 Å². The van der Waals surface area contributed by atoms with Gasteiger partial charge in [0.05, 0.1) is 197 Å². The van der Waals surface area contributed by atoms with E-state index < -0.39 is 6.10 Å². The largest absolute Gasteiger partial charge is 0.469 e. The number of nitriles is 1. The lowest BCUT2D eigenvalue weighted by Gasteiger charge is -2.18. The molecule has 0 saturated carbocycles. The fraction of sp³-hybridized carbons (Fsp3) is 0.800. The minimum atomic E-state index is -0.504. The molecule has 3 atom stereocenters. The molecule has 0 fully saturated rings. The van der Waals surface area contributed by atoms with Gasteiger partial charge in [-0.05, 0) is 155 Å². The van der Waals surface area contributed by atoms with Crippen LogP contribution in [0.25, 0.3) is 0 Å². The number of unbranched alkanes of at least 4 members (excludes halogenated alkanes) is 38. The van der Waals surface area contributed by atoms with E-state index in [1.165, 1.54) is 181 Å². The summed E-state index contributed by atoms with van der Waals surface area (Å²) in [5.74, 6) is -0.896. The van der Waals surface area contributed by atoms with Crippen molar-refractivity contribution in [2.75, 3.05) is 199 Å². The van der Waals surface area contributed by atoms with Crippen LogP contribution in [0.3, 0.4) is 0 Å². The van der Waals surface area contributed by atoms with Crippen LogP contribution in [-0.2, 0) is 90.3 Å². The van der Waals surface area contributed by atoms with Crippen LogP contribution in [0.2, 0.25) is 0 Å². The molecule has 30 heteroatoms. The molecule has 0 spiro atoms. The van der Waals surface area contributed by atoms with Gasteiger partial charge in [-0.15, -0.1) is 52.6 Å². The molecule has 30 nitrogen and oxygen atoms in total. The van der Waals surface area contributed by atoms with E-state index in [1.807, 2.05) is 49.5 Å². The maximum atomic E-state index is 11.9. The summed E-state index contributed by atoms with van der Waals surface area (Å²) in [4.78, 5) is 56.5. The summed E-state index contributed by atoms with van der Waals surface area (Å²) in [6.45, 7) is 39.4. The molecule has 0 aliphatic rings. The Morgan fingerprint density at radius 2 is 0.586 bits per heavy atom. The number of hydrogen-bond acceptors (Lipinski definition) is 28. The second-order valence-corrected chi connectivity index (χ2v) is 33.3. The highest BCUT2D eigenvalue weighted by Gasteiger charge is 2.17. The van der Waals surface area contributed by atoms with Crippen LogP contribution in [0.15, 0.2) is 101 Å². The molecule has 0 aromatic carbocycles. The number of aliphatic hydroxyl groups is 8. The Hall–Kier alpha value is -6.00. The zero-order chi connectivity index (χ0) is 105. The lowest BCUT2D eigenvalue weighted by molar-refractivity contribution is -0.156. The second kappa shape index (κ2) is 144. The highest BCUT2D eigenvalue weighted by atomic mass is 16.6. The minimum absolute atomic E-state index is 0.000254. The molecule has 0 rings (SSSR count). The highest BCUT2D eigenvalue weighted by Crippen LogP contribution is 2.16. The molecule has 0 saturated heterocycles. The Morgan fingerprint density at radius 3 is 0.943 bits per heavy atom. The van der Waals surface area contributed by atoms with E-state index in [4.69, 9.17) is 103 Å². The van der Waals surface area contributed by atoms with E-state index in [0.717, 1.165) is 161 Å². The van der Waals surface area contributed by atoms with Crippen LogP contribution >= 0.6 is 0 Å². The number of hydrogen-bond donors (Lipinski definition) is 10. The van der Waals surface area contributed by atoms with Crippen LogP contribution in [-0.4, -0.2) is 288 Å². The Kier molecular flexibility index (Phi) is 153. The van der Waals surface area contributed by atoms with Crippen LogP contribution < -0.4 is 10.6 Å². The van der Waals surface area contributed by atoms with Gasteiger partial charge >= 0.3 is 17.9 Å². The summed E-state index contributed by atoms with van der Waals surface area (Å²) < 4.78 is 71.9. The number of amides is 2. The first-order valence-corrected chi connectivity index (χ1v) is 52.9. The normalized spacial score (nSPS) is 11.1. The van der Waals surface area contributed by atoms with Crippen LogP contribution in [0.4, 0.5) is 0 Å². The molecule has 3 unspecified atom stereocenters. The van der Waals surface area contributed by atoms with Gasteiger partial charge in [-0.1, -0.05) is 209 Å². The smallest absolute Gasteiger partial charge is 0.310 e. The molecule has 0 aromatic heterocycles. The van der Waals surface area contributed by atoms with Gasteiger partial charge in [-0.3, -0.25) is 24.0 Å². The number of carbonyl (C=O) groups excluding carboxylic acids is 5. The Bertz CT molecular complexity index is 2570. The number of carbonyl (C=O) groups is 5. The third-order valence-corrected chi connectivity index (χ3v) is 20.5. The molecule has 10 N–H and O–H groups in total. The fourth-order valence-electron chi connectivity index (χ4n) is 12.6. The predicted molar refractivity (Wildman–Crippen MR) is 565 cm³/mol. The maximum Gasteiger partial charge on any atom is 0.310 e. The van der Waals surface area contributed by atoms with Gasteiger partial charge in [0.1, 0.15) is 19.6 Å². The van der Waals surface area contributed by atoms with E-state index in [1.54, 1.807) is 6.08 Å². The van der Waals surface area contributed by atoms with Gasteiger partial charge in [0.25, 0.3) is 0 Å². The van der Waals surface area contributed by atoms with E-state index in [2.05, 4.69) is 78.8 Å².